The first-order valence-electron chi connectivity index (χ1n) is 11.7. The largest absolute Gasteiger partial charge is 0.495 e. The van der Waals surface area contributed by atoms with Crippen molar-refractivity contribution >= 4 is 62.2 Å². The van der Waals surface area contributed by atoms with Crippen molar-refractivity contribution in [3.05, 3.63) is 38.9 Å². The number of nitrogens with one attached hydrogen (secondary N) is 2. The Morgan fingerprint density at radius 2 is 1.91 bits per heavy atom. The first-order chi connectivity index (χ1) is 16.9. The zero-order chi connectivity index (χ0) is 24.9. The van der Waals surface area contributed by atoms with Gasteiger partial charge in [0.1, 0.15) is 22.9 Å². The van der Waals surface area contributed by atoms with Gasteiger partial charge in [-0.2, -0.15) is 0 Å². The van der Waals surface area contributed by atoms with Crippen LogP contribution >= 0.6 is 34.5 Å². The number of anilines is 2. The van der Waals surface area contributed by atoms with Gasteiger partial charge in [0.25, 0.3) is 5.91 Å². The van der Waals surface area contributed by atoms with Crippen molar-refractivity contribution < 1.29 is 9.53 Å². The molecule has 0 unspecified atom stereocenters. The quantitative estimate of drug-likeness (QED) is 0.372. The maximum absolute atomic E-state index is 13.1. The summed E-state index contributed by atoms with van der Waals surface area (Å²) in [5.41, 5.74) is 2.10. The third kappa shape index (κ3) is 5.81. The van der Waals surface area contributed by atoms with E-state index in [1.54, 1.807) is 11.4 Å². The van der Waals surface area contributed by atoms with Gasteiger partial charge in [0, 0.05) is 38.1 Å². The fraction of sp³-hybridized carbons (Fsp3) is 0.458. The second-order valence-electron chi connectivity index (χ2n) is 8.46. The summed E-state index contributed by atoms with van der Waals surface area (Å²) < 4.78 is 6.14. The van der Waals surface area contributed by atoms with Crippen molar-refractivity contribution in [1.29, 1.82) is 0 Å². The van der Waals surface area contributed by atoms with E-state index in [-0.39, 0.29) is 10.9 Å². The summed E-state index contributed by atoms with van der Waals surface area (Å²) in [4.78, 5) is 26.9. The van der Waals surface area contributed by atoms with Crippen LogP contribution in [-0.4, -0.2) is 78.6 Å². The third-order valence-corrected chi connectivity index (χ3v) is 8.10. The molecule has 3 aromatic rings. The molecule has 3 heterocycles. The molecule has 2 N–H and O–H groups in total. The highest BCUT2D eigenvalue weighted by molar-refractivity contribution is 7.18. The molecule has 1 fully saturated rings. The summed E-state index contributed by atoms with van der Waals surface area (Å²) >= 11 is 14.3. The molecule has 11 heteroatoms. The van der Waals surface area contributed by atoms with Crippen LogP contribution in [0, 0.1) is 6.92 Å². The zero-order valence-electron chi connectivity index (χ0n) is 20.2. The van der Waals surface area contributed by atoms with E-state index in [9.17, 15) is 4.79 Å². The molecule has 4 rings (SSSR count). The van der Waals surface area contributed by atoms with Gasteiger partial charge in [-0.05, 0) is 38.1 Å². The molecule has 35 heavy (non-hydrogen) atoms. The second-order valence-corrected chi connectivity index (χ2v) is 10.1. The van der Waals surface area contributed by atoms with Crippen LogP contribution in [-0.2, 0) is 0 Å². The van der Waals surface area contributed by atoms with Crippen LogP contribution in [0.1, 0.15) is 29.3 Å². The minimum absolute atomic E-state index is 0.254. The number of thiophene rings is 1. The molecule has 1 aliphatic rings. The van der Waals surface area contributed by atoms with Gasteiger partial charge in [-0.25, -0.2) is 9.97 Å². The Labute approximate surface area is 219 Å². The van der Waals surface area contributed by atoms with E-state index in [4.69, 9.17) is 27.9 Å². The number of carbonyl (C=O) groups is 1. The Morgan fingerprint density at radius 3 is 2.63 bits per heavy atom. The number of nitrogens with zero attached hydrogens (tertiary/aromatic N) is 4. The highest BCUT2D eigenvalue weighted by Gasteiger charge is 2.21. The highest BCUT2D eigenvalue weighted by Crippen LogP contribution is 2.40. The molecule has 8 nitrogen and oxygen atoms in total. The zero-order valence-corrected chi connectivity index (χ0v) is 22.5. The van der Waals surface area contributed by atoms with Gasteiger partial charge in [-0.3, -0.25) is 4.79 Å². The monoisotopic (exact) mass is 536 g/mol. The number of hydrogen-bond acceptors (Lipinski definition) is 8. The van der Waals surface area contributed by atoms with E-state index in [0.29, 0.717) is 27.5 Å². The molecule has 1 aliphatic heterocycles. The number of aromatic nitrogens is 2. The number of aryl methyl sites for hydroxylation is 1. The fourth-order valence-electron chi connectivity index (χ4n) is 4.16. The number of halogens is 2. The van der Waals surface area contributed by atoms with E-state index < -0.39 is 0 Å². The maximum atomic E-state index is 13.1. The van der Waals surface area contributed by atoms with Gasteiger partial charge in [0.05, 0.1) is 33.6 Å². The summed E-state index contributed by atoms with van der Waals surface area (Å²) in [5, 5.41) is 8.67. The lowest BCUT2D eigenvalue weighted by atomic mass is 10.2. The number of hydrogen-bond donors (Lipinski definition) is 2. The summed E-state index contributed by atoms with van der Waals surface area (Å²) in [6, 6.07) is 1.73. The second kappa shape index (κ2) is 11.7. The van der Waals surface area contributed by atoms with E-state index in [2.05, 4.69) is 37.3 Å². The third-order valence-electron chi connectivity index (χ3n) is 6.26. The highest BCUT2D eigenvalue weighted by atomic mass is 35.5. The SMILES string of the molecule is CCN1CCN(CCCNc2ncnc3c(C(=O)Nc4c(Cl)c(C)cc(OC)c4Cl)csc23)CC1. The number of benzene rings is 1. The summed E-state index contributed by atoms with van der Waals surface area (Å²) in [5.74, 6) is 0.840. The van der Waals surface area contributed by atoms with Crippen molar-refractivity contribution in [2.75, 3.05) is 63.6 Å². The van der Waals surface area contributed by atoms with Gasteiger partial charge in [0.15, 0.2) is 0 Å². The van der Waals surface area contributed by atoms with E-state index in [1.807, 2.05) is 6.92 Å². The minimum Gasteiger partial charge on any atom is -0.495 e. The summed E-state index contributed by atoms with van der Waals surface area (Å²) in [6.07, 6.45) is 2.50. The van der Waals surface area contributed by atoms with Gasteiger partial charge >= 0.3 is 0 Å². The van der Waals surface area contributed by atoms with Crippen molar-refractivity contribution in [2.45, 2.75) is 20.3 Å². The number of likely N-dealkylation sites (N-methyl/N-ethyl adjacent to an activating group) is 1. The molecule has 1 amide bonds. The molecule has 188 valence electrons. The van der Waals surface area contributed by atoms with Crippen LogP contribution < -0.4 is 15.4 Å². The Morgan fingerprint density at radius 1 is 1.17 bits per heavy atom. The van der Waals surface area contributed by atoms with Gasteiger partial charge in [-0.15, -0.1) is 11.3 Å². The van der Waals surface area contributed by atoms with Crippen LogP contribution in [0.25, 0.3) is 10.2 Å². The molecule has 0 radical (unpaired) electrons. The van der Waals surface area contributed by atoms with E-state index in [0.717, 1.165) is 68.3 Å². The number of ether oxygens (including phenoxy) is 1. The predicted octanol–water partition coefficient (Wildman–Crippen LogP) is 5.01. The Kier molecular flexibility index (Phi) is 8.67. The number of amides is 1. The fourth-order valence-corrected chi connectivity index (χ4v) is 5.64. The van der Waals surface area contributed by atoms with Crippen molar-refractivity contribution in [3.63, 3.8) is 0 Å². The molecular weight excluding hydrogens is 507 g/mol. The summed E-state index contributed by atoms with van der Waals surface area (Å²) in [7, 11) is 1.52. The van der Waals surface area contributed by atoms with E-state index >= 15 is 0 Å². The smallest absolute Gasteiger partial charge is 0.258 e. The lowest BCUT2D eigenvalue weighted by Crippen LogP contribution is -2.46. The molecular formula is C24H30Cl2N6O2S. The normalized spacial score (nSPS) is 14.9. The first-order valence-corrected chi connectivity index (χ1v) is 13.3. The van der Waals surface area contributed by atoms with Crippen LogP contribution in [0.4, 0.5) is 11.5 Å². The first kappa shape index (κ1) is 25.9. The number of fused-ring (bicyclic) bond motifs is 1. The number of rotatable bonds is 9. The molecule has 1 aromatic carbocycles. The lowest BCUT2D eigenvalue weighted by Gasteiger charge is -2.33. The molecule has 2 aromatic heterocycles. The Hall–Kier alpha value is -2.17. The molecule has 0 saturated carbocycles. The Balaban J connectivity index is 1.42. The number of methoxy groups -OCH3 is 1. The van der Waals surface area contributed by atoms with Crippen molar-refractivity contribution in [1.82, 2.24) is 19.8 Å². The topological polar surface area (TPSA) is 82.6 Å². The summed E-state index contributed by atoms with van der Waals surface area (Å²) in [6.45, 7) is 11.5. The van der Waals surface area contributed by atoms with Crippen LogP contribution in [0.15, 0.2) is 17.8 Å². The van der Waals surface area contributed by atoms with E-state index in [1.165, 1.54) is 24.8 Å². The Bertz CT molecular complexity index is 1200. The average Bonchev–Trinajstić information content (AvgIpc) is 3.32. The maximum Gasteiger partial charge on any atom is 0.258 e. The van der Waals surface area contributed by atoms with Crippen LogP contribution in [0.5, 0.6) is 5.75 Å². The predicted molar refractivity (Wildman–Crippen MR) is 145 cm³/mol. The standard InChI is InChI=1S/C24H30Cl2N6O2S/c1-4-31-8-10-32(11-9-31)7-5-6-27-23-22-20(28-14-29-23)16(13-35-22)24(33)30-21-18(25)15(2)12-17(34-3)19(21)26/h12-14H,4-11H2,1-3H3,(H,30,33)(H,27,28,29). The van der Waals surface area contributed by atoms with Crippen molar-refractivity contribution in [2.24, 2.45) is 0 Å². The average molecular weight is 538 g/mol. The minimum atomic E-state index is -0.344. The molecule has 1 saturated heterocycles. The lowest BCUT2D eigenvalue weighted by molar-refractivity contribution is 0.102. The molecule has 0 spiro atoms. The van der Waals surface area contributed by atoms with Crippen LogP contribution in [0.2, 0.25) is 10.0 Å². The molecule has 0 aliphatic carbocycles. The number of piperazine rings is 1. The molecule has 0 bridgehead atoms. The van der Waals surface area contributed by atoms with Crippen LogP contribution in [0.3, 0.4) is 0 Å². The van der Waals surface area contributed by atoms with Gasteiger partial charge in [0.2, 0.25) is 0 Å². The van der Waals surface area contributed by atoms with Crippen molar-refractivity contribution in [3.8, 4) is 5.75 Å². The van der Waals surface area contributed by atoms with Gasteiger partial charge in [-0.1, -0.05) is 30.1 Å². The number of carbonyl (C=O) groups excluding carboxylic acids is 1. The van der Waals surface area contributed by atoms with Gasteiger partial charge < -0.3 is 25.2 Å². The molecule has 0 atom stereocenters.